The van der Waals surface area contributed by atoms with E-state index in [1.807, 2.05) is 0 Å². The van der Waals surface area contributed by atoms with Crippen molar-refractivity contribution in [2.45, 2.75) is 18.0 Å². The number of benzene rings is 2. The number of methoxy groups -OCH3 is 1. The SMILES string of the molecule is COCCOc1ccc(S(=O)(=O)Nc2cccc(C(F)(F)F)c2)cc1C. The van der Waals surface area contributed by atoms with E-state index in [1.165, 1.54) is 31.4 Å². The number of halogens is 3. The van der Waals surface area contributed by atoms with Gasteiger partial charge in [-0.25, -0.2) is 8.42 Å². The summed E-state index contributed by atoms with van der Waals surface area (Å²) in [5, 5.41) is 0. The Morgan fingerprint density at radius 2 is 1.81 bits per heavy atom. The Hall–Kier alpha value is -2.26. The second-order valence-electron chi connectivity index (χ2n) is 5.45. The monoisotopic (exact) mass is 389 g/mol. The Balaban J connectivity index is 2.21. The number of alkyl halides is 3. The van der Waals surface area contributed by atoms with Gasteiger partial charge in [0.05, 0.1) is 17.1 Å². The summed E-state index contributed by atoms with van der Waals surface area (Å²) in [7, 11) is -2.50. The van der Waals surface area contributed by atoms with Crippen LogP contribution < -0.4 is 9.46 Å². The second kappa shape index (κ2) is 7.96. The molecule has 26 heavy (non-hydrogen) atoms. The summed E-state index contributed by atoms with van der Waals surface area (Å²) in [6.45, 7) is 2.37. The minimum absolute atomic E-state index is 0.0773. The standard InChI is InChI=1S/C17H18F3NO4S/c1-12-10-15(6-7-16(12)25-9-8-24-2)26(22,23)21-14-5-3-4-13(11-14)17(18,19)20/h3-7,10-11,21H,8-9H2,1-2H3. The molecule has 0 fully saturated rings. The Morgan fingerprint density at radius 1 is 1.08 bits per heavy atom. The molecule has 0 saturated carbocycles. The largest absolute Gasteiger partial charge is 0.491 e. The fraction of sp³-hybridized carbons (Fsp3) is 0.294. The Labute approximate surface area is 149 Å². The van der Waals surface area contributed by atoms with Crippen LogP contribution in [0, 0.1) is 6.92 Å². The predicted octanol–water partition coefficient (Wildman–Crippen LogP) is 3.84. The molecular weight excluding hydrogens is 371 g/mol. The zero-order valence-corrected chi connectivity index (χ0v) is 14.9. The number of nitrogens with one attached hydrogen (secondary N) is 1. The molecule has 1 N–H and O–H groups in total. The van der Waals surface area contributed by atoms with Crippen molar-refractivity contribution >= 4 is 15.7 Å². The molecule has 0 aliphatic carbocycles. The Morgan fingerprint density at radius 3 is 2.42 bits per heavy atom. The quantitative estimate of drug-likeness (QED) is 0.731. The third-order valence-electron chi connectivity index (χ3n) is 3.44. The molecule has 0 amide bonds. The molecule has 0 saturated heterocycles. The van der Waals surface area contributed by atoms with E-state index >= 15 is 0 Å². The van der Waals surface area contributed by atoms with E-state index < -0.39 is 21.8 Å². The van der Waals surface area contributed by atoms with Gasteiger partial charge in [0.2, 0.25) is 0 Å². The maximum Gasteiger partial charge on any atom is 0.416 e. The minimum Gasteiger partial charge on any atom is -0.491 e. The highest BCUT2D eigenvalue weighted by Gasteiger charge is 2.30. The van der Waals surface area contributed by atoms with Gasteiger partial charge in [-0.2, -0.15) is 13.2 Å². The first kappa shape index (κ1) is 20.1. The zero-order chi connectivity index (χ0) is 19.4. The van der Waals surface area contributed by atoms with Crippen molar-refractivity contribution in [3.05, 3.63) is 53.6 Å². The van der Waals surface area contributed by atoms with Gasteiger partial charge >= 0.3 is 6.18 Å². The third-order valence-corrected chi connectivity index (χ3v) is 4.82. The van der Waals surface area contributed by atoms with Gasteiger partial charge in [-0.3, -0.25) is 4.72 Å². The van der Waals surface area contributed by atoms with E-state index in [9.17, 15) is 21.6 Å². The van der Waals surface area contributed by atoms with Crippen molar-refractivity contribution < 1.29 is 31.1 Å². The lowest BCUT2D eigenvalue weighted by Crippen LogP contribution is -2.14. The van der Waals surface area contributed by atoms with E-state index in [4.69, 9.17) is 9.47 Å². The fourth-order valence-corrected chi connectivity index (χ4v) is 3.29. The van der Waals surface area contributed by atoms with E-state index in [1.54, 1.807) is 6.92 Å². The average Bonchev–Trinajstić information content (AvgIpc) is 2.55. The molecule has 2 aromatic carbocycles. The van der Waals surface area contributed by atoms with E-state index in [0.717, 1.165) is 18.2 Å². The van der Waals surface area contributed by atoms with Crippen LogP contribution in [-0.2, 0) is 20.9 Å². The summed E-state index contributed by atoms with van der Waals surface area (Å²) in [4.78, 5) is -0.0773. The molecule has 0 aliphatic rings. The van der Waals surface area contributed by atoms with Crippen molar-refractivity contribution in [3.63, 3.8) is 0 Å². The molecule has 5 nitrogen and oxygen atoms in total. The molecule has 0 aromatic heterocycles. The predicted molar refractivity (Wildman–Crippen MR) is 90.8 cm³/mol. The Kier molecular flexibility index (Phi) is 6.14. The van der Waals surface area contributed by atoms with Gasteiger partial charge in [-0.15, -0.1) is 0 Å². The van der Waals surface area contributed by atoms with Crippen LogP contribution in [0.25, 0.3) is 0 Å². The smallest absolute Gasteiger partial charge is 0.416 e. The van der Waals surface area contributed by atoms with E-state index in [0.29, 0.717) is 24.5 Å². The number of anilines is 1. The van der Waals surface area contributed by atoms with Crippen LogP contribution in [0.15, 0.2) is 47.4 Å². The average molecular weight is 389 g/mol. The molecule has 0 aliphatic heterocycles. The number of ether oxygens (including phenoxy) is 2. The summed E-state index contributed by atoms with van der Waals surface area (Å²) >= 11 is 0. The molecule has 0 bridgehead atoms. The number of aryl methyl sites for hydroxylation is 1. The number of sulfonamides is 1. The molecular formula is C17H18F3NO4S. The normalized spacial score (nSPS) is 12.0. The fourth-order valence-electron chi connectivity index (χ4n) is 2.16. The van der Waals surface area contributed by atoms with Gasteiger partial charge in [-0.1, -0.05) is 6.07 Å². The van der Waals surface area contributed by atoms with Gasteiger partial charge in [0.15, 0.2) is 0 Å². The first-order valence-corrected chi connectivity index (χ1v) is 9.04. The number of hydrogen-bond acceptors (Lipinski definition) is 4. The van der Waals surface area contributed by atoms with Gasteiger partial charge in [0, 0.05) is 12.8 Å². The highest BCUT2D eigenvalue weighted by Crippen LogP contribution is 2.31. The highest BCUT2D eigenvalue weighted by molar-refractivity contribution is 7.92. The van der Waals surface area contributed by atoms with Crippen molar-refractivity contribution in [2.75, 3.05) is 25.0 Å². The molecule has 0 radical (unpaired) electrons. The van der Waals surface area contributed by atoms with E-state index in [2.05, 4.69) is 4.72 Å². The van der Waals surface area contributed by atoms with Crippen LogP contribution in [0.3, 0.4) is 0 Å². The maximum atomic E-state index is 12.7. The first-order valence-electron chi connectivity index (χ1n) is 7.56. The Bertz CT molecular complexity index is 867. The molecule has 0 atom stereocenters. The first-order chi connectivity index (χ1) is 12.1. The van der Waals surface area contributed by atoms with E-state index in [-0.39, 0.29) is 10.6 Å². The van der Waals surface area contributed by atoms with Crippen LogP contribution in [0.4, 0.5) is 18.9 Å². The second-order valence-corrected chi connectivity index (χ2v) is 7.14. The molecule has 2 aromatic rings. The lowest BCUT2D eigenvalue weighted by Gasteiger charge is -2.13. The maximum absolute atomic E-state index is 12.7. The summed E-state index contributed by atoms with van der Waals surface area (Å²) in [5.74, 6) is 0.500. The molecule has 142 valence electrons. The van der Waals surface area contributed by atoms with Gasteiger partial charge < -0.3 is 9.47 Å². The number of rotatable bonds is 7. The zero-order valence-electron chi connectivity index (χ0n) is 14.1. The van der Waals surface area contributed by atoms with Crippen LogP contribution in [-0.4, -0.2) is 28.7 Å². The van der Waals surface area contributed by atoms with Crippen LogP contribution in [0.2, 0.25) is 0 Å². The van der Waals surface area contributed by atoms with Crippen LogP contribution >= 0.6 is 0 Å². The van der Waals surface area contributed by atoms with Crippen LogP contribution in [0.5, 0.6) is 5.75 Å². The summed E-state index contributed by atoms with van der Waals surface area (Å²) < 4.78 is 75.6. The van der Waals surface area contributed by atoms with Crippen LogP contribution in [0.1, 0.15) is 11.1 Å². The molecule has 2 rings (SSSR count). The molecule has 0 heterocycles. The number of hydrogen-bond donors (Lipinski definition) is 1. The molecule has 9 heteroatoms. The van der Waals surface area contributed by atoms with Gasteiger partial charge in [0.1, 0.15) is 12.4 Å². The lowest BCUT2D eigenvalue weighted by molar-refractivity contribution is -0.137. The molecule has 0 spiro atoms. The summed E-state index contributed by atoms with van der Waals surface area (Å²) in [6.07, 6.45) is -4.56. The topological polar surface area (TPSA) is 64.6 Å². The van der Waals surface area contributed by atoms with Crippen molar-refractivity contribution in [2.24, 2.45) is 0 Å². The summed E-state index contributed by atoms with van der Waals surface area (Å²) in [5.41, 5.74) is -0.526. The highest BCUT2D eigenvalue weighted by atomic mass is 32.2. The summed E-state index contributed by atoms with van der Waals surface area (Å²) in [6, 6.07) is 8.20. The third kappa shape index (κ3) is 5.12. The minimum atomic E-state index is -4.56. The van der Waals surface area contributed by atoms with Gasteiger partial charge in [-0.05, 0) is 48.9 Å². The van der Waals surface area contributed by atoms with Crippen molar-refractivity contribution in [3.8, 4) is 5.75 Å². The van der Waals surface area contributed by atoms with Crippen molar-refractivity contribution in [1.82, 2.24) is 0 Å². The molecule has 0 unspecified atom stereocenters. The van der Waals surface area contributed by atoms with Crippen molar-refractivity contribution in [1.29, 1.82) is 0 Å². The lowest BCUT2D eigenvalue weighted by atomic mass is 10.2. The van der Waals surface area contributed by atoms with Gasteiger partial charge in [0.25, 0.3) is 10.0 Å².